The van der Waals surface area contributed by atoms with Crippen molar-refractivity contribution in [3.63, 3.8) is 0 Å². The van der Waals surface area contributed by atoms with Gasteiger partial charge in [0.05, 0.1) is 6.61 Å². The van der Waals surface area contributed by atoms with Gasteiger partial charge in [0, 0.05) is 11.5 Å². The number of halogens is 3. The van der Waals surface area contributed by atoms with Crippen LogP contribution >= 0.6 is 0 Å². The van der Waals surface area contributed by atoms with E-state index in [-0.39, 0.29) is 6.79 Å². The average Bonchev–Trinajstić information content (AvgIpc) is 2.79. The van der Waals surface area contributed by atoms with Crippen LogP contribution in [-0.2, 0) is 26.1 Å². The topological polar surface area (TPSA) is 94.1 Å². The summed E-state index contributed by atoms with van der Waals surface area (Å²) >= 11 is 0. The Morgan fingerprint density at radius 2 is 1.97 bits per heavy atom. The number of carboxylic acids is 1. The molecule has 2 bridgehead atoms. The summed E-state index contributed by atoms with van der Waals surface area (Å²) in [4.78, 5) is 20.4. The smallest absolute Gasteiger partial charge is 0.475 e. The van der Waals surface area contributed by atoms with Crippen LogP contribution < -0.4 is 10.1 Å². The first-order valence-electron chi connectivity index (χ1n) is 11.8. The highest BCUT2D eigenvalue weighted by atomic mass is 19.4. The molecule has 2 fully saturated rings. The van der Waals surface area contributed by atoms with Crippen molar-refractivity contribution in [2.24, 2.45) is 5.92 Å². The molecule has 1 saturated carbocycles. The highest BCUT2D eigenvalue weighted by Gasteiger charge is 2.51. The molecule has 2 aliphatic carbocycles. The van der Waals surface area contributed by atoms with Gasteiger partial charge in [-0.15, -0.1) is 0 Å². The van der Waals surface area contributed by atoms with Crippen LogP contribution in [-0.4, -0.2) is 49.4 Å². The molecule has 34 heavy (non-hydrogen) atoms. The molecule has 3 aliphatic rings. The molecule has 7 nitrogen and oxygen atoms in total. The Kier molecular flexibility index (Phi) is 8.67. The van der Waals surface area contributed by atoms with Crippen molar-refractivity contribution in [1.82, 2.24) is 5.32 Å². The van der Waals surface area contributed by atoms with Gasteiger partial charge >= 0.3 is 18.3 Å². The number of piperidine rings is 1. The zero-order valence-electron chi connectivity index (χ0n) is 19.3. The Balaban J connectivity index is 0.000000406. The predicted octanol–water partition coefficient (Wildman–Crippen LogP) is 4.96. The van der Waals surface area contributed by atoms with Crippen molar-refractivity contribution >= 4 is 12.1 Å². The minimum absolute atomic E-state index is 0.107. The SMILES string of the molecule is CCCCOC(=O)OCOc1ccc2c(c1)[C@@]13CCCC[C@@H]1[C@H](C2)NCC3.O=C(O)C(F)(F)F. The first-order chi connectivity index (χ1) is 16.2. The van der Waals surface area contributed by atoms with Gasteiger partial charge in [0.1, 0.15) is 5.75 Å². The fourth-order valence-electron chi connectivity index (χ4n) is 5.48. The third-order valence-corrected chi connectivity index (χ3v) is 6.98. The van der Waals surface area contributed by atoms with Gasteiger partial charge in [-0.25, -0.2) is 9.59 Å². The molecule has 1 aromatic rings. The number of hydrogen-bond donors (Lipinski definition) is 2. The fraction of sp³-hybridized carbons (Fsp3) is 0.667. The Bertz CT molecular complexity index is 858. The zero-order chi connectivity index (χ0) is 24.8. The van der Waals surface area contributed by atoms with E-state index in [1.165, 1.54) is 43.2 Å². The number of fused-ring (bicyclic) bond motifs is 1. The molecule has 1 heterocycles. The number of nitrogens with one attached hydrogen (secondary N) is 1. The molecule has 1 saturated heterocycles. The van der Waals surface area contributed by atoms with Gasteiger partial charge in [-0.1, -0.05) is 32.3 Å². The Hall–Kier alpha value is -2.49. The standard InChI is InChI=1S/C22H31NO4.C2HF3O2/c1-2-3-12-25-21(24)27-15-26-17-8-7-16-13-20-18-6-4-5-9-22(18,10-11-23-20)19(16)14-17;3-2(4,5)1(6)7/h7-8,14,18,20,23H,2-6,9-13,15H2,1H3;(H,6,7)/t18-,20+,22-;/m1./s1. The van der Waals surface area contributed by atoms with Gasteiger partial charge in [-0.3, -0.25) is 0 Å². The average molecular weight is 488 g/mol. The first kappa shape index (κ1) is 26.1. The lowest BCUT2D eigenvalue weighted by atomic mass is 9.53. The monoisotopic (exact) mass is 487 g/mol. The second-order valence-electron chi connectivity index (χ2n) is 9.00. The number of benzene rings is 1. The van der Waals surface area contributed by atoms with Crippen molar-refractivity contribution < 1.29 is 42.1 Å². The van der Waals surface area contributed by atoms with E-state index in [9.17, 15) is 18.0 Å². The van der Waals surface area contributed by atoms with Crippen LogP contribution in [0.2, 0.25) is 0 Å². The van der Waals surface area contributed by atoms with E-state index < -0.39 is 18.3 Å². The lowest BCUT2D eigenvalue weighted by Gasteiger charge is -2.56. The van der Waals surface area contributed by atoms with E-state index in [1.807, 2.05) is 6.07 Å². The van der Waals surface area contributed by atoms with Gasteiger partial charge in [-0.2, -0.15) is 13.2 Å². The van der Waals surface area contributed by atoms with Crippen LogP contribution in [0, 0.1) is 5.92 Å². The first-order valence-corrected chi connectivity index (χ1v) is 11.8. The van der Waals surface area contributed by atoms with Gasteiger partial charge in [0.2, 0.25) is 6.79 Å². The van der Waals surface area contributed by atoms with Crippen molar-refractivity contribution in [2.45, 2.75) is 75.9 Å². The molecular weight excluding hydrogens is 455 g/mol. The highest BCUT2D eigenvalue weighted by molar-refractivity contribution is 5.73. The molecule has 10 heteroatoms. The largest absolute Gasteiger partial charge is 0.511 e. The summed E-state index contributed by atoms with van der Waals surface area (Å²) < 4.78 is 47.5. The number of hydrogen-bond acceptors (Lipinski definition) is 6. The Labute approximate surface area is 196 Å². The molecule has 0 spiro atoms. The van der Waals surface area contributed by atoms with Gasteiger partial charge in [0.15, 0.2) is 0 Å². The van der Waals surface area contributed by atoms with Crippen molar-refractivity contribution in [2.75, 3.05) is 19.9 Å². The molecule has 0 unspecified atom stereocenters. The van der Waals surface area contributed by atoms with E-state index in [0.29, 0.717) is 18.1 Å². The molecule has 3 atom stereocenters. The number of rotatable bonds is 6. The minimum Gasteiger partial charge on any atom is -0.475 e. The maximum Gasteiger partial charge on any atom is 0.511 e. The van der Waals surface area contributed by atoms with Crippen LogP contribution in [0.15, 0.2) is 18.2 Å². The number of aliphatic carboxylic acids is 1. The Morgan fingerprint density at radius 1 is 1.21 bits per heavy atom. The van der Waals surface area contributed by atoms with Crippen LogP contribution in [0.25, 0.3) is 0 Å². The molecule has 0 aromatic heterocycles. The summed E-state index contributed by atoms with van der Waals surface area (Å²) in [5.41, 5.74) is 3.24. The summed E-state index contributed by atoms with van der Waals surface area (Å²) in [6.45, 7) is 3.45. The minimum atomic E-state index is -5.08. The second-order valence-corrected chi connectivity index (χ2v) is 9.00. The van der Waals surface area contributed by atoms with E-state index in [0.717, 1.165) is 37.5 Å². The summed E-state index contributed by atoms with van der Waals surface area (Å²) in [7, 11) is 0. The molecule has 1 aliphatic heterocycles. The van der Waals surface area contributed by atoms with Crippen LogP contribution in [0.3, 0.4) is 0 Å². The van der Waals surface area contributed by atoms with E-state index >= 15 is 0 Å². The van der Waals surface area contributed by atoms with E-state index in [2.05, 4.69) is 24.4 Å². The number of carbonyl (C=O) groups is 2. The summed E-state index contributed by atoms with van der Waals surface area (Å²) in [5, 5.41) is 10.9. The summed E-state index contributed by atoms with van der Waals surface area (Å²) in [6, 6.07) is 7.04. The molecule has 1 aromatic carbocycles. The molecule has 0 radical (unpaired) electrons. The van der Waals surface area contributed by atoms with Crippen LogP contribution in [0.5, 0.6) is 5.75 Å². The third kappa shape index (κ3) is 6.14. The predicted molar refractivity (Wildman–Crippen MR) is 117 cm³/mol. The quantitative estimate of drug-likeness (QED) is 0.333. The number of unbranched alkanes of at least 4 members (excludes halogenated alkanes) is 1. The summed E-state index contributed by atoms with van der Waals surface area (Å²) in [5.74, 6) is -1.23. The van der Waals surface area contributed by atoms with E-state index in [4.69, 9.17) is 24.1 Å². The summed E-state index contributed by atoms with van der Waals surface area (Å²) in [6.07, 6.45) is 3.70. The maximum atomic E-state index is 11.5. The fourth-order valence-corrected chi connectivity index (χ4v) is 5.48. The highest BCUT2D eigenvalue weighted by Crippen LogP contribution is 2.54. The number of ether oxygens (including phenoxy) is 3. The van der Waals surface area contributed by atoms with Gasteiger partial charge in [0.25, 0.3) is 0 Å². The van der Waals surface area contributed by atoms with Crippen molar-refractivity contribution in [1.29, 1.82) is 0 Å². The third-order valence-electron chi connectivity index (χ3n) is 6.98. The number of carboxylic acid groups (broad SMARTS) is 1. The van der Waals surface area contributed by atoms with Crippen LogP contribution in [0.4, 0.5) is 18.0 Å². The van der Waals surface area contributed by atoms with Gasteiger partial charge in [-0.05, 0) is 67.8 Å². The van der Waals surface area contributed by atoms with Crippen molar-refractivity contribution in [3.05, 3.63) is 29.3 Å². The lowest BCUT2D eigenvalue weighted by molar-refractivity contribution is -0.192. The molecule has 2 N–H and O–H groups in total. The molecule has 0 amide bonds. The maximum absolute atomic E-state index is 11.5. The second kappa shape index (κ2) is 11.3. The van der Waals surface area contributed by atoms with Crippen LogP contribution in [0.1, 0.15) is 63.0 Å². The normalized spacial score (nSPS) is 25.1. The van der Waals surface area contributed by atoms with E-state index in [1.54, 1.807) is 0 Å². The Morgan fingerprint density at radius 3 is 2.68 bits per heavy atom. The number of carbonyl (C=O) groups excluding carboxylic acids is 1. The van der Waals surface area contributed by atoms with Gasteiger partial charge < -0.3 is 24.6 Å². The molecular formula is C24H32F3NO6. The zero-order valence-corrected chi connectivity index (χ0v) is 19.3. The molecule has 190 valence electrons. The van der Waals surface area contributed by atoms with Crippen molar-refractivity contribution in [3.8, 4) is 5.75 Å². The lowest BCUT2D eigenvalue weighted by Crippen LogP contribution is -2.59. The molecule has 4 rings (SSSR count). The number of alkyl halides is 3.